The van der Waals surface area contributed by atoms with Crippen LogP contribution in [0, 0.1) is 24.7 Å². The van der Waals surface area contributed by atoms with Gasteiger partial charge < -0.3 is 14.6 Å². The minimum Gasteiger partial charge on any atom is -0.396 e. The van der Waals surface area contributed by atoms with Crippen molar-refractivity contribution in [2.75, 3.05) is 20.8 Å². The van der Waals surface area contributed by atoms with Gasteiger partial charge in [0.25, 0.3) is 0 Å². The molecule has 4 rings (SSSR count). The summed E-state index contributed by atoms with van der Waals surface area (Å²) in [5.74, 6) is 2.35. The average Bonchev–Trinajstić information content (AvgIpc) is 2.90. The predicted octanol–water partition coefficient (Wildman–Crippen LogP) is 8.88. The highest BCUT2D eigenvalue weighted by atomic mass is 16.5. The number of benzene rings is 2. The van der Waals surface area contributed by atoms with Crippen LogP contribution in [0.3, 0.4) is 0 Å². The summed E-state index contributed by atoms with van der Waals surface area (Å²) in [4.78, 5) is 0. The molecule has 2 unspecified atom stereocenters. The highest BCUT2D eigenvalue weighted by Gasteiger charge is 2.23. The largest absolute Gasteiger partial charge is 0.396 e. The Morgan fingerprint density at radius 2 is 0.973 bits per heavy atom. The maximum absolute atomic E-state index is 9.22. The number of aryl methyl sites for hydroxylation is 1. The molecule has 0 bridgehead atoms. The molecule has 1 N–H and O–H groups in total. The molecular weight excluding hydrogens is 456 g/mol. The van der Waals surface area contributed by atoms with Gasteiger partial charge in [0.05, 0.1) is 12.2 Å². The van der Waals surface area contributed by atoms with E-state index in [0.717, 1.165) is 43.9 Å². The van der Waals surface area contributed by atoms with Crippen molar-refractivity contribution in [1.29, 1.82) is 0 Å². The normalized spacial score (nSPS) is 26.1. The van der Waals surface area contributed by atoms with Crippen molar-refractivity contribution in [3.8, 4) is 0 Å². The van der Waals surface area contributed by atoms with Gasteiger partial charge in [0.1, 0.15) is 0 Å². The lowest BCUT2D eigenvalue weighted by Crippen LogP contribution is -2.27. The molecule has 0 saturated heterocycles. The number of aliphatic hydroxyl groups excluding tert-OH is 1. The quantitative estimate of drug-likeness (QED) is 0.446. The van der Waals surface area contributed by atoms with E-state index < -0.39 is 0 Å². The summed E-state index contributed by atoms with van der Waals surface area (Å²) in [7, 11) is 3.52. The Labute approximate surface area is 229 Å². The first-order valence-electron chi connectivity index (χ1n) is 14.7. The fourth-order valence-electron chi connectivity index (χ4n) is 5.06. The van der Waals surface area contributed by atoms with Gasteiger partial charge in [-0.1, -0.05) is 125 Å². The summed E-state index contributed by atoms with van der Waals surface area (Å²) in [5.41, 5.74) is 1.32. The maximum atomic E-state index is 9.22. The molecule has 3 heteroatoms. The smallest absolute Gasteiger partial charge is 0.0574 e. The Morgan fingerprint density at radius 1 is 0.622 bits per heavy atom. The van der Waals surface area contributed by atoms with Gasteiger partial charge in [0, 0.05) is 20.8 Å². The number of methoxy groups -OCH3 is 2. The standard InChI is InChI=1S/C11H22O3.C10H20.C7H8.C6H6/c1-13-10-4-3-5-11(14-2)7-9(6-10)8-12;1-9-5-3-7-10(2)8-4-6-9;1-7-5-3-2-4-6-7;1-2-4-6-5-3-1/h9-12H,3-8H2,1-2H3;9-10H,3-8H2,1-2H3;2-6H,1H3;1-6H. The molecule has 3 nitrogen and oxygen atoms in total. The van der Waals surface area contributed by atoms with E-state index in [0.29, 0.717) is 18.1 Å². The van der Waals surface area contributed by atoms with E-state index in [-0.39, 0.29) is 6.61 Å². The molecule has 0 aliphatic heterocycles. The van der Waals surface area contributed by atoms with Crippen molar-refractivity contribution in [1.82, 2.24) is 0 Å². The lowest BCUT2D eigenvalue weighted by molar-refractivity contribution is 0.00814. The molecule has 0 aromatic heterocycles. The molecule has 2 aromatic rings. The molecule has 2 atom stereocenters. The molecule has 37 heavy (non-hydrogen) atoms. The van der Waals surface area contributed by atoms with Gasteiger partial charge in [-0.05, 0) is 56.8 Å². The fourth-order valence-corrected chi connectivity index (χ4v) is 5.06. The highest BCUT2D eigenvalue weighted by Crippen LogP contribution is 2.26. The van der Waals surface area contributed by atoms with Crippen molar-refractivity contribution < 1.29 is 14.6 Å². The second kappa shape index (κ2) is 22.3. The van der Waals surface area contributed by atoms with Gasteiger partial charge in [0.15, 0.2) is 0 Å². The Bertz CT molecular complexity index is 660. The SMILES string of the molecule is CC1CCCC(C)CCC1.COC1CCCC(OC)CC(CO)C1.Cc1ccccc1.c1ccccc1. The van der Waals surface area contributed by atoms with E-state index in [2.05, 4.69) is 32.9 Å². The Hall–Kier alpha value is -1.68. The second-order valence-corrected chi connectivity index (χ2v) is 11.0. The summed E-state index contributed by atoms with van der Waals surface area (Å²) >= 11 is 0. The van der Waals surface area contributed by atoms with E-state index >= 15 is 0 Å². The lowest BCUT2D eigenvalue weighted by Gasteiger charge is -2.28. The minimum atomic E-state index is 0.250. The maximum Gasteiger partial charge on any atom is 0.0574 e. The highest BCUT2D eigenvalue weighted by molar-refractivity contribution is 5.11. The van der Waals surface area contributed by atoms with Crippen LogP contribution in [0.25, 0.3) is 0 Å². The first kappa shape index (κ1) is 33.3. The molecule has 2 saturated carbocycles. The summed E-state index contributed by atoms with van der Waals surface area (Å²) in [6, 6.07) is 22.3. The third-order valence-corrected chi connectivity index (χ3v) is 7.56. The van der Waals surface area contributed by atoms with Crippen LogP contribution in [-0.4, -0.2) is 38.1 Å². The average molecular weight is 513 g/mol. The van der Waals surface area contributed by atoms with Crippen molar-refractivity contribution >= 4 is 0 Å². The summed E-state index contributed by atoms with van der Waals surface area (Å²) in [5, 5.41) is 9.22. The Kier molecular flexibility index (Phi) is 20.1. The molecule has 0 spiro atoms. The van der Waals surface area contributed by atoms with Crippen LogP contribution in [0.15, 0.2) is 66.7 Å². The number of ether oxygens (including phenoxy) is 2. The third-order valence-electron chi connectivity index (χ3n) is 7.56. The van der Waals surface area contributed by atoms with Gasteiger partial charge in [-0.2, -0.15) is 0 Å². The van der Waals surface area contributed by atoms with E-state index in [1.165, 1.54) is 44.1 Å². The van der Waals surface area contributed by atoms with Gasteiger partial charge in [-0.15, -0.1) is 0 Å². The van der Waals surface area contributed by atoms with E-state index in [9.17, 15) is 5.11 Å². The van der Waals surface area contributed by atoms with Crippen LogP contribution in [-0.2, 0) is 9.47 Å². The van der Waals surface area contributed by atoms with Crippen LogP contribution in [0.1, 0.15) is 90.0 Å². The molecular formula is C34H56O3. The van der Waals surface area contributed by atoms with Crippen LogP contribution < -0.4 is 0 Å². The van der Waals surface area contributed by atoms with E-state index in [1.807, 2.05) is 54.6 Å². The summed E-state index contributed by atoms with van der Waals surface area (Å²) < 4.78 is 10.8. The van der Waals surface area contributed by atoms with Crippen LogP contribution in [0.4, 0.5) is 0 Å². The third kappa shape index (κ3) is 18.3. The van der Waals surface area contributed by atoms with Crippen LogP contribution in [0.2, 0.25) is 0 Å². The van der Waals surface area contributed by atoms with E-state index in [1.54, 1.807) is 14.2 Å². The van der Waals surface area contributed by atoms with Crippen LogP contribution >= 0.6 is 0 Å². The molecule has 210 valence electrons. The zero-order chi connectivity index (χ0) is 27.1. The molecule has 2 fully saturated rings. The molecule has 2 aliphatic rings. The van der Waals surface area contributed by atoms with Crippen LogP contribution in [0.5, 0.6) is 0 Å². The zero-order valence-electron chi connectivity index (χ0n) is 24.5. The summed E-state index contributed by atoms with van der Waals surface area (Å²) in [6.45, 7) is 7.13. The molecule has 2 aromatic carbocycles. The van der Waals surface area contributed by atoms with Crippen molar-refractivity contribution in [2.24, 2.45) is 17.8 Å². The lowest BCUT2D eigenvalue weighted by atomic mass is 9.88. The van der Waals surface area contributed by atoms with Gasteiger partial charge in [0.2, 0.25) is 0 Å². The summed E-state index contributed by atoms with van der Waals surface area (Å²) in [6.07, 6.45) is 14.8. The Morgan fingerprint density at radius 3 is 1.27 bits per heavy atom. The van der Waals surface area contributed by atoms with E-state index in [4.69, 9.17) is 9.47 Å². The first-order chi connectivity index (χ1) is 18.0. The fraction of sp³-hybridized carbons (Fsp3) is 0.647. The van der Waals surface area contributed by atoms with Gasteiger partial charge in [-0.3, -0.25) is 0 Å². The number of hydrogen-bond donors (Lipinski definition) is 1. The van der Waals surface area contributed by atoms with Crippen molar-refractivity contribution in [3.63, 3.8) is 0 Å². The number of rotatable bonds is 3. The molecule has 0 heterocycles. The molecule has 0 amide bonds. The van der Waals surface area contributed by atoms with Crippen molar-refractivity contribution in [2.45, 2.75) is 104 Å². The number of aliphatic hydroxyl groups is 1. The molecule has 0 radical (unpaired) electrons. The predicted molar refractivity (Wildman–Crippen MR) is 159 cm³/mol. The van der Waals surface area contributed by atoms with Gasteiger partial charge in [-0.25, -0.2) is 0 Å². The monoisotopic (exact) mass is 512 g/mol. The minimum absolute atomic E-state index is 0.250. The molecule has 2 aliphatic carbocycles. The Balaban J connectivity index is 0.000000260. The van der Waals surface area contributed by atoms with Gasteiger partial charge >= 0.3 is 0 Å². The second-order valence-electron chi connectivity index (χ2n) is 11.0. The first-order valence-corrected chi connectivity index (χ1v) is 14.7. The zero-order valence-corrected chi connectivity index (χ0v) is 24.5. The topological polar surface area (TPSA) is 38.7 Å². The van der Waals surface area contributed by atoms with Crippen molar-refractivity contribution in [3.05, 3.63) is 72.3 Å². The number of hydrogen-bond acceptors (Lipinski definition) is 3.